The van der Waals surface area contributed by atoms with E-state index in [-0.39, 0.29) is 24.2 Å². The first-order valence-electron chi connectivity index (χ1n) is 7.80. The molecule has 1 amide bonds. The number of aryl methyl sites for hydroxylation is 1. The number of rotatable bonds is 7. The molecule has 1 N–H and O–H groups in total. The summed E-state index contributed by atoms with van der Waals surface area (Å²) in [6.45, 7) is 9.53. The van der Waals surface area contributed by atoms with Crippen LogP contribution in [0.1, 0.15) is 49.5 Å². The molecule has 3 unspecified atom stereocenters. The lowest BCUT2D eigenvalue weighted by atomic mass is 10.1. The molecule has 0 aliphatic carbocycles. The summed E-state index contributed by atoms with van der Waals surface area (Å²) in [6, 6.07) is 4.26. The fourth-order valence-corrected chi connectivity index (χ4v) is 3.74. The van der Waals surface area contributed by atoms with Crippen LogP contribution in [0.3, 0.4) is 0 Å². The van der Waals surface area contributed by atoms with Crippen LogP contribution >= 0.6 is 11.3 Å². The molecule has 0 spiro atoms. The standard InChI is InChI=1S/C16H26N2O2S/c1-5-7-13-16(19)18(11(3)10-20-6-2)15(17-13)14-9-8-12(4)21-14/h8-9,11,13,15,17H,5-7,10H2,1-4H3. The molecule has 2 heterocycles. The van der Waals surface area contributed by atoms with Crippen LogP contribution in [0.5, 0.6) is 0 Å². The second-order valence-corrected chi connectivity index (χ2v) is 6.93. The van der Waals surface area contributed by atoms with Gasteiger partial charge in [0.05, 0.1) is 18.7 Å². The van der Waals surface area contributed by atoms with Crippen LogP contribution in [-0.2, 0) is 9.53 Å². The largest absolute Gasteiger partial charge is 0.380 e. The zero-order valence-electron chi connectivity index (χ0n) is 13.4. The van der Waals surface area contributed by atoms with Crippen molar-refractivity contribution in [2.45, 2.75) is 58.8 Å². The van der Waals surface area contributed by atoms with Crippen molar-refractivity contribution in [3.63, 3.8) is 0 Å². The first kappa shape index (κ1) is 16.5. The highest BCUT2D eigenvalue weighted by atomic mass is 32.1. The number of carbonyl (C=O) groups is 1. The number of hydrogen-bond donors (Lipinski definition) is 1. The Kier molecular flexibility index (Phi) is 5.79. The average Bonchev–Trinajstić information content (AvgIpc) is 3.01. The first-order valence-corrected chi connectivity index (χ1v) is 8.62. The number of nitrogens with zero attached hydrogens (tertiary/aromatic N) is 1. The Labute approximate surface area is 131 Å². The second-order valence-electron chi connectivity index (χ2n) is 5.61. The molecule has 3 atom stereocenters. The van der Waals surface area contributed by atoms with Crippen molar-refractivity contribution in [2.24, 2.45) is 0 Å². The Morgan fingerprint density at radius 3 is 2.76 bits per heavy atom. The topological polar surface area (TPSA) is 41.6 Å². The van der Waals surface area contributed by atoms with E-state index >= 15 is 0 Å². The minimum Gasteiger partial charge on any atom is -0.380 e. The van der Waals surface area contributed by atoms with Gasteiger partial charge in [0, 0.05) is 16.4 Å². The molecule has 1 aromatic heterocycles. The van der Waals surface area contributed by atoms with Gasteiger partial charge in [-0.25, -0.2) is 0 Å². The lowest BCUT2D eigenvalue weighted by molar-refractivity contribution is -0.133. The SMILES string of the molecule is CCCC1NC(c2ccc(C)s2)N(C(C)COCC)C1=O. The number of thiophene rings is 1. The molecule has 5 heteroatoms. The van der Waals surface area contributed by atoms with Crippen molar-refractivity contribution in [3.8, 4) is 0 Å². The van der Waals surface area contributed by atoms with Crippen molar-refractivity contribution in [1.82, 2.24) is 10.2 Å². The molecule has 0 aromatic carbocycles. The highest BCUT2D eigenvalue weighted by Gasteiger charge is 2.41. The van der Waals surface area contributed by atoms with E-state index in [1.807, 2.05) is 11.8 Å². The molecular weight excluding hydrogens is 284 g/mol. The summed E-state index contributed by atoms with van der Waals surface area (Å²) >= 11 is 1.75. The van der Waals surface area contributed by atoms with Crippen molar-refractivity contribution < 1.29 is 9.53 Å². The predicted molar refractivity (Wildman–Crippen MR) is 86.4 cm³/mol. The van der Waals surface area contributed by atoms with Gasteiger partial charge in [0.15, 0.2) is 0 Å². The Bertz CT molecular complexity index is 475. The predicted octanol–water partition coefficient (Wildman–Crippen LogP) is 3.08. The average molecular weight is 310 g/mol. The van der Waals surface area contributed by atoms with Crippen LogP contribution in [0, 0.1) is 6.92 Å². The van der Waals surface area contributed by atoms with Crippen LogP contribution in [0.2, 0.25) is 0 Å². The van der Waals surface area contributed by atoms with Crippen LogP contribution in [0.4, 0.5) is 0 Å². The van der Waals surface area contributed by atoms with Crippen molar-refractivity contribution in [3.05, 3.63) is 21.9 Å². The maximum atomic E-state index is 12.7. The molecule has 1 aromatic rings. The summed E-state index contributed by atoms with van der Waals surface area (Å²) in [5.74, 6) is 0.208. The zero-order valence-corrected chi connectivity index (χ0v) is 14.2. The summed E-state index contributed by atoms with van der Waals surface area (Å²) in [4.78, 5) is 17.2. The molecule has 1 saturated heterocycles. The van der Waals surface area contributed by atoms with Crippen LogP contribution < -0.4 is 5.32 Å². The lowest BCUT2D eigenvalue weighted by Crippen LogP contribution is -2.41. The van der Waals surface area contributed by atoms with Crippen LogP contribution in [0.25, 0.3) is 0 Å². The van der Waals surface area contributed by atoms with E-state index in [1.165, 1.54) is 9.75 Å². The monoisotopic (exact) mass is 310 g/mol. The van der Waals surface area contributed by atoms with Gasteiger partial charge in [-0.1, -0.05) is 13.3 Å². The third-order valence-electron chi connectivity index (χ3n) is 3.84. The molecule has 0 bridgehead atoms. The summed E-state index contributed by atoms with van der Waals surface area (Å²) in [7, 11) is 0. The number of carbonyl (C=O) groups excluding carboxylic acids is 1. The van der Waals surface area contributed by atoms with Gasteiger partial charge in [-0.15, -0.1) is 11.3 Å². The van der Waals surface area contributed by atoms with Gasteiger partial charge in [0.25, 0.3) is 0 Å². The first-order chi connectivity index (χ1) is 10.1. The zero-order chi connectivity index (χ0) is 15.4. The van der Waals surface area contributed by atoms with E-state index in [0.29, 0.717) is 13.2 Å². The van der Waals surface area contributed by atoms with E-state index in [0.717, 1.165) is 12.8 Å². The van der Waals surface area contributed by atoms with E-state index in [2.05, 4.69) is 38.2 Å². The fourth-order valence-electron chi connectivity index (χ4n) is 2.80. The Morgan fingerprint density at radius 2 is 2.19 bits per heavy atom. The van der Waals surface area contributed by atoms with E-state index in [4.69, 9.17) is 4.74 Å². The van der Waals surface area contributed by atoms with Gasteiger partial charge < -0.3 is 9.64 Å². The third kappa shape index (κ3) is 3.65. The maximum Gasteiger partial charge on any atom is 0.241 e. The van der Waals surface area contributed by atoms with Gasteiger partial charge >= 0.3 is 0 Å². The molecule has 2 rings (SSSR count). The minimum atomic E-state index is -0.0634. The Hall–Kier alpha value is -0.910. The van der Waals surface area contributed by atoms with E-state index in [1.54, 1.807) is 11.3 Å². The summed E-state index contributed by atoms with van der Waals surface area (Å²) in [5.41, 5.74) is 0. The number of hydrogen-bond acceptors (Lipinski definition) is 4. The molecule has 4 nitrogen and oxygen atoms in total. The lowest BCUT2D eigenvalue weighted by Gasteiger charge is -2.29. The molecule has 1 fully saturated rings. The smallest absolute Gasteiger partial charge is 0.241 e. The Balaban J connectivity index is 2.20. The number of ether oxygens (including phenoxy) is 1. The van der Waals surface area contributed by atoms with Crippen molar-refractivity contribution in [1.29, 1.82) is 0 Å². The third-order valence-corrected chi connectivity index (χ3v) is 4.89. The quantitative estimate of drug-likeness (QED) is 0.841. The van der Waals surface area contributed by atoms with Crippen LogP contribution in [0.15, 0.2) is 12.1 Å². The molecule has 0 radical (unpaired) electrons. The highest BCUT2D eigenvalue weighted by molar-refractivity contribution is 7.12. The van der Waals surface area contributed by atoms with E-state index < -0.39 is 0 Å². The summed E-state index contributed by atoms with van der Waals surface area (Å²) in [6.07, 6.45) is 1.88. The molecule has 118 valence electrons. The van der Waals surface area contributed by atoms with Crippen LogP contribution in [-0.4, -0.2) is 36.1 Å². The number of nitrogens with one attached hydrogen (secondary N) is 1. The Morgan fingerprint density at radius 1 is 1.43 bits per heavy atom. The normalized spacial score (nSPS) is 23.8. The summed E-state index contributed by atoms with van der Waals surface area (Å²) < 4.78 is 5.52. The van der Waals surface area contributed by atoms with Gasteiger partial charge in [-0.05, 0) is 39.3 Å². The molecule has 1 aliphatic heterocycles. The highest BCUT2D eigenvalue weighted by Crippen LogP contribution is 2.33. The van der Waals surface area contributed by atoms with Gasteiger partial charge in [-0.3, -0.25) is 10.1 Å². The van der Waals surface area contributed by atoms with Gasteiger partial charge in [0.1, 0.15) is 6.17 Å². The van der Waals surface area contributed by atoms with Gasteiger partial charge in [-0.2, -0.15) is 0 Å². The molecular formula is C16H26N2O2S. The molecule has 1 aliphatic rings. The molecule has 21 heavy (non-hydrogen) atoms. The maximum absolute atomic E-state index is 12.7. The number of amides is 1. The van der Waals surface area contributed by atoms with Crippen molar-refractivity contribution >= 4 is 17.2 Å². The summed E-state index contributed by atoms with van der Waals surface area (Å²) in [5, 5.41) is 3.51. The van der Waals surface area contributed by atoms with E-state index in [9.17, 15) is 4.79 Å². The second kappa shape index (κ2) is 7.38. The molecule has 0 saturated carbocycles. The van der Waals surface area contributed by atoms with Crippen molar-refractivity contribution in [2.75, 3.05) is 13.2 Å². The van der Waals surface area contributed by atoms with Gasteiger partial charge in [0.2, 0.25) is 5.91 Å². The minimum absolute atomic E-state index is 0.0109. The fraction of sp³-hybridized carbons (Fsp3) is 0.688.